The van der Waals surface area contributed by atoms with Crippen LogP contribution in [0.4, 0.5) is 0 Å². The summed E-state index contributed by atoms with van der Waals surface area (Å²) in [5.74, 6) is -0.149. The molecule has 0 aliphatic rings. The number of rotatable bonds is 4. The number of hydrogen-bond acceptors (Lipinski definition) is 5. The Morgan fingerprint density at radius 3 is 2.76 bits per heavy atom. The fourth-order valence-corrected chi connectivity index (χ4v) is 2.95. The smallest absolute Gasteiger partial charge is 0.255 e. The highest BCUT2D eigenvalue weighted by Gasteiger charge is 2.14. The molecule has 1 aromatic carbocycles. The minimum absolute atomic E-state index is 0.199. The number of aryl methyl sites for hydroxylation is 1. The summed E-state index contributed by atoms with van der Waals surface area (Å²) in [7, 11) is 0. The Hall–Kier alpha value is -2.47. The van der Waals surface area contributed by atoms with E-state index in [1.807, 2.05) is 36.6 Å². The first-order valence-corrected chi connectivity index (χ1v) is 7.23. The molecule has 21 heavy (non-hydrogen) atoms. The van der Waals surface area contributed by atoms with Gasteiger partial charge in [-0.05, 0) is 12.5 Å². The lowest BCUT2D eigenvalue weighted by Crippen LogP contribution is -2.20. The van der Waals surface area contributed by atoms with Crippen LogP contribution >= 0.6 is 11.3 Å². The van der Waals surface area contributed by atoms with E-state index in [-0.39, 0.29) is 6.61 Å². The normalized spacial score (nSPS) is 10.7. The fourth-order valence-electron chi connectivity index (χ4n) is 2.04. The zero-order chi connectivity index (χ0) is 14.8. The summed E-state index contributed by atoms with van der Waals surface area (Å²) in [4.78, 5) is 20.1. The lowest BCUT2D eigenvalue weighted by Gasteiger charge is -2.06. The zero-order valence-corrected chi connectivity index (χ0v) is 12.2. The second-order valence-corrected chi connectivity index (χ2v) is 5.49. The first-order chi connectivity index (χ1) is 10.1. The van der Waals surface area contributed by atoms with Crippen molar-refractivity contribution in [3.05, 3.63) is 41.5 Å². The number of carbonyl (C=O) groups is 1. The first kappa shape index (κ1) is 13.5. The fraction of sp³-hybridized carbons (Fsp3) is 0.133. The van der Waals surface area contributed by atoms with Gasteiger partial charge in [0, 0.05) is 10.9 Å². The number of thiophene rings is 1. The van der Waals surface area contributed by atoms with Crippen LogP contribution in [0.2, 0.25) is 0 Å². The molecule has 2 N–H and O–H groups in total. The zero-order valence-electron chi connectivity index (χ0n) is 11.4. The van der Waals surface area contributed by atoms with E-state index < -0.39 is 5.91 Å². The number of hydrogen-bond donors (Lipinski definition) is 1. The molecule has 106 valence electrons. The standard InChI is InChI=1S/C15H13N3O2S/c1-9-2-4-10(5-3-9)11-7-21-15-13(11)14(17-8-18-15)20-6-12(16)19/h2-5,7-8H,6H2,1H3,(H2,16,19). The molecule has 0 aliphatic heterocycles. The van der Waals surface area contributed by atoms with Crippen LogP contribution in [-0.2, 0) is 4.79 Å². The van der Waals surface area contributed by atoms with Crippen LogP contribution in [-0.4, -0.2) is 22.5 Å². The summed E-state index contributed by atoms with van der Waals surface area (Å²) >= 11 is 1.51. The maximum absolute atomic E-state index is 10.9. The van der Waals surface area contributed by atoms with Crippen LogP contribution < -0.4 is 10.5 Å². The molecular formula is C15H13N3O2S. The van der Waals surface area contributed by atoms with Crippen LogP contribution in [0.5, 0.6) is 5.88 Å². The topological polar surface area (TPSA) is 78.1 Å². The summed E-state index contributed by atoms with van der Waals surface area (Å²) in [6.45, 7) is 1.84. The predicted octanol–water partition coefficient (Wildman–Crippen LogP) is 2.53. The molecule has 1 amide bonds. The number of ether oxygens (including phenoxy) is 1. The average Bonchev–Trinajstić information content (AvgIpc) is 2.90. The minimum Gasteiger partial charge on any atom is -0.467 e. The second-order valence-electron chi connectivity index (χ2n) is 4.63. The van der Waals surface area contributed by atoms with Crippen LogP contribution in [0, 0.1) is 6.92 Å². The molecular weight excluding hydrogens is 286 g/mol. The highest BCUT2D eigenvalue weighted by Crippen LogP contribution is 2.37. The van der Waals surface area contributed by atoms with Crippen LogP contribution in [0.3, 0.4) is 0 Å². The van der Waals surface area contributed by atoms with Gasteiger partial charge in [-0.15, -0.1) is 11.3 Å². The molecule has 0 unspecified atom stereocenters. The number of aromatic nitrogens is 2. The molecule has 2 heterocycles. The third-order valence-corrected chi connectivity index (χ3v) is 3.94. The molecule has 2 aromatic heterocycles. The minimum atomic E-state index is -0.533. The van der Waals surface area contributed by atoms with Gasteiger partial charge >= 0.3 is 0 Å². The van der Waals surface area contributed by atoms with Gasteiger partial charge in [0.15, 0.2) is 6.61 Å². The predicted molar refractivity (Wildman–Crippen MR) is 82.3 cm³/mol. The van der Waals surface area contributed by atoms with Crippen molar-refractivity contribution in [2.75, 3.05) is 6.61 Å². The number of carbonyl (C=O) groups excluding carboxylic acids is 1. The Balaban J connectivity index is 2.10. The monoisotopic (exact) mass is 299 g/mol. The van der Waals surface area contributed by atoms with Crippen LogP contribution in [0.25, 0.3) is 21.3 Å². The molecule has 3 rings (SSSR count). The molecule has 0 atom stereocenters. The van der Waals surface area contributed by atoms with Gasteiger partial charge in [-0.2, -0.15) is 0 Å². The van der Waals surface area contributed by atoms with E-state index >= 15 is 0 Å². The Kier molecular flexibility index (Phi) is 3.53. The van der Waals surface area contributed by atoms with E-state index in [4.69, 9.17) is 10.5 Å². The van der Waals surface area contributed by atoms with Gasteiger partial charge in [-0.1, -0.05) is 29.8 Å². The molecule has 0 aliphatic carbocycles. The Morgan fingerprint density at radius 2 is 2.05 bits per heavy atom. The van der Waals surface area contributed by atoms with Crippen molar-refractivity contribution in [3.8, 4) is 17.0 Å². The van der Waals surface area contributed by atoms with E-state index in [1.54, 1.807) is 0 Å². The molecule has 5 nitrogen and oxygen atoms in total. The Labute approximate surface area is 125 Å². The van der Waals surface area contributed by atoms with Gasteiger partial charge in [-0.3, -0.25) is 4.79 Å². The van der Waals surface area contributed by atoms with Crippen molar-refractivity contribution in [2.24, 2.45) is 5.73 Å². The van der Waals surface area contributed by atoms with E-state index in [9.17, 15) is 4.79 Å². The summed E-state index contributed by atoms with van der Waals surface area (Å²) in [5, 5.41) is 2.83. The lowest BCUT2D eigenvalue weighted by atomic mass is 10.0. The Morgan fingerprint density at radius 1 is 1.29 bits per heavy atom. The summed E-state index contributed by atoms with van der Waals surface area (Å²) in [5.41, 5.74) is 8.37. The molecule has 6 heteroatoms. The van der Waals surface area contributed by atoms with E-state index in [2.05, 4.69) is 9.97 Å². The number of amides is 1. The largest absolute Gasteiger partial charge is 0.467 e. The number of fused-ring (bicyclic) bond motifs is 1. The van der Waals surface area contributed by atoms with Gasteiger partial charge in [0.25, 0.3) is 5.91 Å². The first-order valence-electron chi connectivity index (χ1n) is 6.35. The maximum Gasteiger partial charge on any atom is 0.255 e. The van der Waals surface area contributed by atoms with Crippen LogP contribution in [0.15, 0.2) is 36.0 Å². The molecule has 0 fully saturated rings. The molecule has 0 spiro atoms. The van der Waals surface area contributed by atoms with E-state index in [0.29, 0.717) is 5.88 Å². The highest BCUT2D eigenvalue weighted by atomic mass is 32.1. The third-order valence-electron chi connectivity index (χ3n) is 3.05. The molecule has 3 aromatic rings. The maximum atomic E-state index is 10.9. The molecule has 0 radical (unpaired) electrons. The van der Waals surface area contributed by atoms with Gasteiger partial charge in [-0.25, -0.2) is 9.97 Å². The third kappa shape index (κ3) is 2.71. The van der Waals surface area contributed by atoms with Crippen molar-refractivity contribution < 1.29 is 9.53 Å². The lowest BCUT2D eigenvalue weighted by molar-refractivity contribution is -0.120. The average molecular weight is 299 g/mol. The Bertz CT molecular complexity index is 796. The van der Waals surface area contributed by atoms with Gasteiger partial charge < -0.3 is 10.5 Å². The summed E-state index contributed by atoms with van der Waals surface area (Å²) in [6, 6.07) is 8.18. The van der Waals surface area contributed by atoms with Gasteiger partial charge in [0.2, 0.25) is 5.88 Å². The molecule has 0 saturated heterocycles. The van der Waals surface area contributed by atoms with E-state index in [0.717, 1.165) is 21.3 Å². The number of nitrogens with two attached hydrogens (primary N) is 1. The number of primary amides is 1. The molecule has 0 saturated carbocycles. The number of nitrogens with zero attached hydrogens (tertiary/aromatic N) is 2. The van der Waals surface area contributed by atoms with Crippen LogP contribution in [0.1, 0.15) is 5.56 Å². The van der Waals surface area contributed by atoms with Gasteiger partial charge in [0.05, 0.1) is 5.39 Å². The van der Waals surface area contributed by atoms with Gasteiger partial charge in [0.1, 0.15) is 11.2 Å². The summed E-state index contributed by atoms with van der Waals surface area (Å²) in [6.07, 6.45) is 1.42. The SMILES string of the molecule is Cc1ccc(-c2csc3ncnc(OCC(N)=O)c23)cc1. The van der Waals surface area contributed by atoms with Crippen molar-refractivity contribution in [3.63, 3.8) is 0 Å². The number of benzene rings is 1. The van der Waals surface area contributed by atoms with Crippen molar-refractivity contribution >= 4 is 27.5 Å². The molecule has 0 bridgehead atoms. The van der Waals surface area contributed by atoms with Crippen molar-refractivity contribution in [1.82, 2.24) is 9.97 Å². The van der Waals surface area contributed by atoms with Crippen molar-refractivity contribution in [1.29, 1.82) is 0 Å². The summed E-state index contributed by atoms with van der Waals surface area (Å²) < 4.78 is 5.41. The highest BCUT2D eigenvalue weighted by molar-refractivity contribution is 7.17. The second kappa shape index (κ2) is 5.49. The van der Waals surface area contributed by atoms with E-state index in [1.165, 1.54) is 23.2 Å². The quantitative estimate of drug-likeness (QED) is 0.803. The van der Waals surface area contributed by atoms with Crippen molar-refractivity contribution in [2.45, 2.75) is 6.92 Å².